The predicted molar refractivity (Wildman–Crippen MR) is 98.5 cm³/mol. The van der Waals surface area contributed by atoms with Crippen molar-refractivity contribution in [2.45, 2.75) is 38.8 Å². The van der Waals surface area contributed by atoms with Crippen molar-refractivity contribution < 1.29 is 18.7 Å². The van der Waals surface area contributed by atoms with E-state index in [1.165, 1.54) is 12.1 Å². The minimum atomic E-state index is -0.431. The topological polar surface area (TPSA) is 47.6 Å². The minimum Gasteiger partial charge on any atom is -0.449 e. The number of hydrogen-bond acceptors (Lipinski definition) is 3. The highest BCUT2D eigenvalue weighted by molar-refractivity contribution is 5.70. The van der Waals surface area contributed by atoms with Gasteiger partial charge in [-0.25, -0.2) is 9.18 Å². The molecule has 5 heteroatoms. The van der Waals surface area contributed by atoms with Crippen LogP contribution >= 0.6 is 0 Å². The molecular formula is C21H24FNO3. The number of benzene rings is 2. The highest BCUT2D eigenvalue weighted by Gasteiger charge is 2.25. The average Bonchev–Trinajstić information content (AvgIpc) is 2.58. The molecule has 1 N–H and O–H groups in total. The Kier molecular flexibility index (Phi) is 5.28. The summed E-state index contributed by atoms with van der Waals surface area (Å²) < 4.78 is 24.4. The van der Waals surface area contributed by atoms with Crippen molar-refractivity contribution in [2.24, 2.45) is 0 Å². The quantitative estimate of drug-likeness (QED) is 0.871. The van der Waals surface area contributed by atoms with Crippen molar-refractivity contribution in [3.63, 3.8) is 0 Å². The van der Waals surface area contributed by atoms with E-state index in [0.29, 0.717) is 13.2 Å². The Morgan fingerprint density at radius 2 is 1.96 bits per heavy atom. The maximum Gasteiger partial charge on any atom is 0.407 e. The monoisotopic (exact) mass is 357 g/mol. The Morgan fingerprint density at radius 1 is 1.23 bits per heavy atom. The number of amides is 1. The molecule has 1 amide bonds. The van der Waals surface area contributed by atoms with Crippen molar-refractivity contribution in [3.05, 3.63) is 59.4 Å². The van der Waals surface area contributed by atoms with Crippen LogP contribution in [0, 0.1) is 5.82 Å². The number of nitrogens with one attached hydrogen (secondary N) is 1. The molecular weight excluding hydrogens is 333 g/mol. The van der Waals surface area contributed by atoms with Crippen LogP contribution in [0.25, 0.3) is 11.1 Å². The Labute approximate surface area is 153 Å². The summed E-state index contributed by atoms with van der Waals surface area (Å²) in [6, 6.07) is 12.5. The van der Waals surface area contributed by atoms with Crippen LogP contribution < -0.4 is 5.32 Å². The number of carbonyl (C=O) groups is 1. The second-order valence-corrected chi connectivity index (χ2v) is 7.57. The van der Waals surface area contributed by atoms with Crippen molar-refractivity contribution in [1.29, 1.82) is 0 Å². The first-order valence-electron chi connectivity index (χ1n) is 8.74. The molecule has 2 aromatic rings. The largest absolute Gasteiger partial charge is 0.449 e. The standard InChI is InChI=1S/C21H24FNO3/c1-21(2,3)23-20(24)26-12-15-11-25-13-19-17(5-4-6-18(15)19)14-7-9-16(22)10-8-14/h4-10,15H,11-13H2,1-3H3,(H,23,24). The van der Waals surface area contributed by atoms with Crippen LogP contribution in [-0.4, -0.2) is 24.8 Å². The third-order valence-corrected chi connectivity index (χ3v) is 4.27. The molecule has 0 aliphatic carbocycles. The molecule has 0 spiro atoms. The Morgan fingerprint density at radius 3 is 2.65 bits per heavy atom. The highest BCUT2D eigenvalue weighted by atomic mass is 19.1. The molecule has 0 radical (unpaired) electrons. The van der Waals surface area contributed by atoms with Crippen LogP contribution in [0.5, 0.6) is 0 Å². The van der Waals surface area contributed by atoms with Gasteiger partial charge in [-0.15, -0.1) is 0 Å². The first kappa shape index (κ1) is 18.4. The van der Waals surface area contributed by atoms with E-state index in [0.717, 1.165) is 22.3 Å². The summed E-state index contributed by atoms with van der Waals surface area (Å²) in [5.41, 5.74) is 3.80. The van der Waals surface area contributed by atoms with Crippen LogP contribution in [0.4, 0.5) is 9.18 Å². The Bertz CT molecular complexity index is 781. The molecule has 0 saturated heterocycles. The third-order valence-electron chi connectivity index (χ3n) is 4.27. The zero-order chi connectivity index (χ0) is 18.7. The predicted octanol–water partition coefficient (Wildman–Crippen LogP) is 4.63. The van der Waals surface area contributed by atoms with Gasteiger partial charge in [0.1, 0.15) is 12.4 Å². The summed E-state index contributed by atoms with van der Waals surface area (Å²) in [7, 11) is 0. The van der Waals surface area contributed by atoms with Crippen LogP contribution in [0.2, 0.25) is 0 Å². The van der Waals surface area contributed by atoms with Crippen LogP contribution in [0.1, 0.15) is 37.8 Å². The number of hydrogen-bond donors (Lipinski definition) is 1. The zero-order valence-corrected chi connectivity index (χ0v) is 15.3. The molecule has 0 saturated carbocycles. The molecule has 2 aromatic carbocycles. The maximum atomic E-state index is 13.2. The van der Waals surface area contributed by atoms with Gasteiger partial charge in [0.2, 0.25) is 0 Å². The third kappa shape index (κ3) is 4.41. The van der Waals surface area contributed by atoms with Gasteiger partial charge in [-0.1, -0.05) is 30.3 Å². The van der Waals surface area contributed by atoms with Crippen molar-refractivity contribution in [1.82, 2.24) is 5.32 Å². The average molecular weight is 357 g/mol. The van der Waals surface area contributed by atoms with Crippen molar-refractivity contribution in [3.8, 4) is 11.1 Å². The van der Waals surface area contributed by atoms with E-state index in [-0.39, 0.29) is 23.9 Å². The lowest BCUT2D eigenvalue weighted by Gasteiger charge is -2.28. The minimum absolute atomic E-state index is 0.0233. The van der Waals surface area contributed by atoms with Crippen LogP contribution in [0.15, 0.2) is 42.5 Å². The van der Waals surface area contributed by atoms with Gasteiger partial charge in [-0.05, 0) is 55.2 Å². The second kappa shape index (κ2) is 7.46. The molecule has 1 unspecified atom stereocenters. The first-order chi connectivity index (χ1) is 12.3. The van der Waals surface area contributed by atoms with Crippen molar-refractivity contribution >= 4 is 6.09 Å². The van der Waals surface area contributed by atoms with Gasteiger partial charge < -0.3 is 14.8 Å². The summed E-state index contributed by atoms with van der Waals surface area (Å²) in [6.07, 6.45) is -0.431. The molecule has 0 fully saturated rings. The van der Waals surface area contributed by atoms with E-state index in [4.69, 9.17) is 9.47 Å². The van der Waals surface area contributed by atoms with Crippen LogP contribution in [0.3, 0.4) is 0 Å². The molecule has 0 aromatic heterocycles. The fourth-order valence-electron chi connectivity index (χ4n) is 3.10. The SMILES string of the molecule is CC(C)(C)NC(=O)OCC1COCc2c(-c3ccc(F)cc3)cccc21. The number of halogens is 1. The normalized spacial score (nSPS) is 16.7. The van der Waals surface area contributed by atoms with E-state index in [9.17, 15) is 9.18 Å². The smallest absolute Gasteiger partial charge is 0.407 e. The van der Waals surface area contributed by atoms with E-state index >= 15 is 0 Å². The summed E-state index contributed by atoms with van der Waals surface area (Å²) in [5, 5.41) is 2.79. The van der Waals surface area contributed by atoms with E-state index in [1.54, 1.807) is 12.1 Å². The molecule has 138 valence electrons. The van der Waals surface area contributed by atoms with Gasteiger partial charge in [-0.3, -0.25) is 0 Å². The van der Waals surface area contributed by atoms with Crippen molar-refractivity contribution in [2.75, 3.05) is 13.2 Å². The van der Waals surface area contributed by atoms with Gasteiger partial charge in [-0.2, -0.15) is 0 Å². The second-order valence-electron chi connectivity index (χ2n) is 7.57. The van der Waals surface area contributed by atoms with Crippen LogP contribution in [-0.2, 0) is 16.1 Å². The Hall–Kier alpha value is -2.40. The molecule has 3 rings (SSSR count). The number of rotatable bonds is 3. The number of fused-ring (bicyclic) bond motifs is 1. The van der Waals surface area contributed by atoms with Gasteiger partial charge >= 0.3 is 6.09 Å². The Balaban J connectivity index is 1.79. The summed E-state index contributed by atoms with van der Waals surface area (Å²) in [4.78, 5) is 11.9. The molecule has 1 atom stereocenters. The fourth-order valence-corrected chi connectivity index (χ4v) is 3.10. The van der Waals surface area contributed by atoms with E-state index < -0.39 is 6.09 Å². The summed E-state index contributed by atoms with van der Waals surface area (Å²) >= 11 is 0. The number of carbonyl (C=O) groups excluding carboxylic acids is 1. The number of alkyl carbamates (subject to hydrolysis) is 1. The lowest BCUT2D eigenvalue weighted by atomic mass is 9.88. The van der Waals surface area contributed by atoms with Gasteiger partial charge in [0.25, 0.3) is 0 Å². The molecule has 1 aliphatic heterocycles. The zero-order valence-electron chi connectivity index (χ0n) is 15.3. The lowest BCUT2D eigenvalue weighted by molar-refractivity contribution is 0.0619. The first-order valence-corrected chi connectivity index (χ1v) is 8.74. The molecule has 1 aliphatic rings. The van der Waals surface area contributed by atoms with Gasteiger partial charge in [0.15, 0.2) is 0 Å². The fraction of sp³-hybridized carbons (Fsp3) is 0.381. The van der Waals surface area contributed by atoms with E-state index in [1.807, 2.05) is 39.0 Å². The maximum absolute atomic E-state index is 13.2. The highest BCUT2D eigenvalue weighted by Crippen LogP contribution is 2.34. The summed E-state index contributed by atoms with van der Waals surface area (Å²) in [5.74, 6) is -0.282. The van der Waals surface area contributed by atoms with E-state index in [2.05, 4.69) is 5.32 Å². The molecule has 0 bridgehead atoms. The number of ether oxygens (including phenoxy) is 2. The van der Waals surface area contributed by atoms with Gasteiger partial charge in [0, 0.05) is 11.5 Å². The summed E-state index contributed by atoms with van der Waals surface area (Å²) in [6.45, 7) is 6.96. The molecule has 1 heterocycles. The lowest BCUT2D eigenvalue weighted by Crippen LogP contribution is -2.41. The molecule has 26 heavy (non-hydrogen) atoms. The molecule has 4 nitrogen and oxygen atoms in total. The van der Waals surface area contributed by atoms with Gasteiger partial charge in [0.05, 0.1) is 13.2 Å².